The van der Waals surface area contributed by atoms with Gasteiger partial charge in [-0.1, -0.05) is 19.1 Å². The van der Waals surface area contributed by atoms with Crippen molar-refractivity contribution in [2.75, 3.05) is 25.6 Å². The molecule has 0 fully saturated rings. The second kappa shape index (κ2) is 8.50. The molecule has 3 N–H and O–H groups in total. The van der Waals surface area contributed by atoms with Crippen LogP contribution in [0, 0.1) is 5.92 Å². The summed E-state index contributed by atoms with van der Waals surface area (Å²) < 4.78 is 10.3. The average molecular weight is 296 g/mol. The molecule has 1 atom stereocenters. The molecule has 1 amide bonds. The number of rotatable bonds is 8. The second-order valence-corrected chi connectivity index (χ2v) is 5.12. The Balaban J connectivity index is 2.44. The third kappa shape index (κ3) is 6.49. The van der Waals surface area contributed by atoms with Crippen LogP contribution in [0.4, 0.5) is 5.69 Å². The molecule has 0 saturated heterocycles. The molecule has 0 aromatic heterocycles. The first-order valence-electron chi connectivity index (χ1n) is 6.31. The number of ether oxygens (including phenoxy) is 2. The fourth-order valence-electron chi connectivity index (χ4n) is 1.66. The summed E-state index contributed by atoms with van der Waals surface area (Å²) in [7, 11) is 1.63. The van der Waals surface area contributed by atoms with E-state index in [4.69, 9.17) is 27.4 Å². The highest BCUT2D eigenvalue weighted by Gasteiger charge is 2.09. The molecule has 0 heterocycles. The Kier molecular flexibility index (Phi) is 6.97. The summed E-state index contributed by atoms with van der Waals surface area (Å²) in [6.07, 6.45) is 0.424. The summed E-state index contributed by atoms with van der Waals surface area (Å²) in [6.45, 7) is 2.74. The van der Waals surface area contributed by atoms with Crippen molar-refractivity contribution in [1.29, 1.82) is 0 Å². The zero-order chi connectivity index (χ0) is 15.0. The van der Waals surface area contributed by atoms with Crippen molar-refractivity contribution in [2.45, 2.75) is 13.3 Å². The number of hydrogen-bond acceptors (Lipinski definition) is 4. The minimum Gasteiger partial charge on any atom is -0.487 e. The van der Waals surface area contributed by atoms with E-state index < -0.39 is 0 Å². The van der Waals surface area contributed by atoms with Crippen LogP contribution in [-0.2, 0) is 9.53 Å². The Labute approximate surface area is 124 Å². The average Bonchev–Trinajstić information content (AvgIpc) is 2.37. The maximum absolute atomic E-state index is 11.8. The van der Waals surface area contributed by atoms with Crippen LogP contribution < -0.4 is 15.8 Å². The third-order valence-electron chi connectivity index (χ3n) is 2.50. The molecule has 0 radical (unpaired) electrons. The number of nitrogens with one attached hydrogen (secondary N) is 1. The van der Waals surface area contributed by atoms with E-state index in [1.807, 2.05) is 6.92 Å². The van der Waals surface area contributed by atoms with Crippen molar-refractivity contribution >= 4 is 28.8 Å². The van der Waals surface area contributed by atoms with E-state index in [0.717, 1.165) is 5.69 Å². The Hall–Kier alpha value is -1.66. The van der Waals surface area contributed by atoms with E-state index in [9.17, 15) is 4.79 Å². The summed E-state index contributed by atoms with van der Waals surface area (Å²) in [5.74, 6) is 0.808. The van der Waals surface area contributed by atoms with Gasteiger partial charge in [-0.05, 0) is 30.2 Å². The maximum Gasteiger partial charge on any atom is 0.224 e. The van der Waals surface area contributed by atoms with Crippen molar-refractivity contribution in [2.24, 2.45) is 11.7 Å². The number of carbonyl (C=O) groups excluding carboxylic acids is 1. The van der Waals surface area contributed by atoms with Crippen LogP contribution in [0.15, 0.2) is 24.3 Å². The van der Waals surface area contributed by atoms with Gasteiger partial charge in [0.15, 0.2) is 0 Å². The molecule has 0 aliphatic carbocycles. The number of benzene rings is 1. The Morgan fingerprint density at radius 2 is 2.05 bits per heavy atom. The van der Waals surface area contributed by atoms with Crippen LogP contribution in [0.2, 0.25) is 0 Å². The molecule has 6 heteroatoms. The van der Waals surface area contributed by atoms with Gasteiger partial charge < -0.3 is 20.5 Å². The number of thiocarbonyl (C=S) groups is 1. The quantitative estimate of drug-likeness (QED) is 0.717. The van der Waals surface area contributed by atoms with Gasteiger partial charge in [-0.2, -0.15) is 0 Å². The minimum atomic E-state index is -0.0358. The molecule has 1 unspecified atom stereocenters. The van der Waals surface area contributed by atoms with Crippen molar-refractivity contribution in [1.82, 2.24) is 0 Å². The van der Waals surface area contributed by atoms with Crippen LogP contribution in [0.1, 0.15) is 13.3 Å². The minimum absolute atomic E-state index is 0.0358. The van der Waals surface area contributed by atoms with E-state index in [-0.39, 0.29) is 18.4 Å². The molecule has 0 spiro atoms. The van der Waals surface area contributed by atoms with Crippen molar-refractivity contribution in [3.63, 3.8) is 0 Å². The van der Waals surface area contributed by atoms with Gasteiger partial charge in [-0.25, -0.2) is 0 Å². The zero-order valence-electron chi connectivity index (χ0n) is 11.7. The molecule has 1 aromatic rings. The highest BCUT2D eigenvalue weighted by Crippen LogP contribution is 2.16. The zero-order valence-corrected chi connectivity index (χ0v) is 12.5. The van der Waals surface area contributed by atoms with Gasteiger partial charge in [-0.3, -0.25) is 4.79 Å². The molecule has 0 bridgehead atoms. The summed E-state index contributed by atoms with van der Waals surface area (Å²) >= 11 is 4.72. The molecule has 110 valence electrons. The lowest BCUT2D eigenvalue weighted by molar-refractivity contribution is -0.117. The van der Waals surface area contributed by atoms with Crippen LogP contribution >= 0.6 is 12.2 Å². The van der Waals surface area contributed by atoms with Crippen molar-refractivity contribution < 1.29 is 14.3 Å². The molecule has 1 aromatic carbocycles. The van der Waals surface area contributed by atoms with E-state index in [0.29, 0.717) is 23.8 Å². The number of amides is 1. The summed E-state index contributed by atoms with van der Waals surface area (Å²) in [4.78, 5) is 12.1. The topological polar surface area (TPSA) is 73.6 Å². The molecular formula is C14H20N2O3S. The van der Waals surface area contributed by atoms with Gasteiger partial charge in [-0.15, -0.1) is 0 Å². The maximum atomic E-state index is 11.8. The number of methoxy groups -OCH3 is 1. The van der Waals surface area contributed by atoms with Gasteiger partial charge in [0, 0.05) is 25.8 Å². The van der Waals surface area contributed by atoms with Gasteiger partial charge >= 0.3 is 0 Å². The van der Waals surface area contributed by atoms with Crippen molar-refractivity contribution in [3.05, 3.63) is 24.3 Å². The Morgan fingerprint density at radius 1 is 1.40 bits per heavy atom. The number of nitrogens with two attached hydrogens (primary N) is 1. The lowest BCUT2D eigenvalue weighted by Crippen LogP contribution is -2.18. The van der Waals surface area contributed by atoms with Crippen LogP contribution in [0.25, 0.3) is 0 Å². The van der Waals surface area contributed by atoms with E-state index >= 15 is 0 Å². The molecular weight excluding hydrogens is 276 g/mol. The van der Waals surface area contributed by atoms with E-state index in [1.165, 1.54) is 0 Å². The Bertz CT molecular complexity index is 448. The predicted molar refractivity (Wildman–Crippen MR) is 83.0 cm³/mol. The SMILES string of the molecule is COCC(C)CC(=O)Nc1ccc(OCC(N)=S)cc1. The number of carbonyl (C=O) groups is 1. The highest BCUT2D eigenvalue weighted by molar-refractivity contribution is 7.80. The molecule has 0 aliphatic heterocycles. The molecule has 5 nitrogen and oxygen atoms in total. The fraction of sp³-hybridized carbons (Fsp3) is 0.429. The predicted octanol–water partition coefficient (Wildman–Crippen LogP) is 1.96. The third-order valence-corrected chi connectivity index (χ3v) is 2.62. The first-order valence-corrected chi connectivity index (χ1v) is 6.72. The monoisotopic (exact) mass is 296 g/mol. The van der Waals surface area contributed by atoms with Crippen LogP contribution in [0.3, 0.4) is 0 Å². The standard InChI is InChI=1S/C14H20N2O3S/c1-10(8-18-2)7-14(17)16-11-3-5-12(6-4-11)19-9-13(15)20/h3-6,10H,7-9H2,1-2H3,(H2,15,20)(H,16,17). The van der Waals surface area contributed by atoms with Crippen LogP contribution in [-0.4, -0.2) is 31.2 Å². The number of anilines is 1. The highest BCUT2D eigenvalue weighted by atomic mass is 32.1. The van der Waals surface area contributed by atoms with Gasteiger partial charge in [0.25, 0.3) is 0 Å². The molecule has 1 rings (SSSR count). The Morgan fingerprint density at radius 3 is 2.60 bits per heavy atom. The smallest absolute Gasteiger partial charge is 0.224 e. The number of hydrogen-bond donors (Lipinski definition) is 2. The molecule has 20 heavy (non-hydrogen) atoms. The van der Waals surface area contributed by atoms with Crippen LogP contribution in [0.5, 0.6) is 5.75 Å². The molecule has 0 saturated carbocycles. The summed E-state index contributed by atoms with van der Waals surface area (Å²) in [5.41, 5.74) is 6.07. The fourth-order valence-corrected chi connectivity index (χ4v) is 1.72. The largest absolute Gasteiger partial charge is 0.487 e. The summed E-state index contributed by atoms with van der Waals surface area (Å²) in [5, 5.41) is 2.82. The second-order valence-electron chi connectivity index (χ2n) is 4.59. The normalized spacial score (nSPS) is 11.7. The molecule has 0 aliphatic rings. The lowest BCUT2D eigenvalue weighted by atomic mass is 10.1. The van der Waals surface area contributed by atoms with Crippen molar-refractivity contribution in [3.8, 4) is 5.75 Å². The van der Waals surface area contributed by atoms with E-state index in [1.54, 1.807) is 31.4 Å². The first-order chi connectivity index (χ1) is 9.51. The lowest BCUT2D eigenvalue weighted by Gasteiger charge is -2.11. The first kappa shape index (κ1) is 16.4. The summed E-state index contributed by atoms with van der Waals surface area (Å²) in [6, 6.07) is 7.06. The van der Waals surface area contributed by atoms with Gasteiger partial charge in [0.05, 0.1) is 0 Å². The van der Waals surface area contributed by atoms with Gasteiger partial charge in [0.2, 0.25) is 5.91 Å². The van der Waals surface area contributed by atoms with E-state index in [2.05, 4.69) is 5.32 Å². The van der Waals surface area contributed by atoms with Gasteiger partial charge in [0.1, 0.15) is 17.3 Å².